The van der Waals surface area contributed by atoms with Gasteiger partial charge in [-0.15, -0.1) is 0 Å². The van der Waals surface area contributed by atoms with Gasteiger partial charge in [0, 0.05) is 5.69 Å². The van der Waals surface area contributed by atoms with Crippen molar-refractivity contribution < 1.29 is 13.6 Å². The quantitative estimate of drug-likeness (QED) is 0.653. The van der Waals surface area contributed by atoms with E-state index in [9.17, 15) is 4.79 Å². The number of para-hydroxylation sites is 1. The zero-order chi connectivity index (χ0) is 18.4. The summed E-state index contributed by atoms with van der Waals surface area (Å²) < 4.78 is 10.9. The number of hydrogen-bond acceptors (Lipinski definition) is 4. The minimum Gasteiger partial charge on any atom is -0.468 e. The number of nitrogens with zero attached hydrogens (tertiary/aromatic N) is 1. The van der Waals surface area contributed by atoms with Crippen molar-refractivity contribution in [2.45, 2.75) is 33.4 Å². The van der Waals surface area contributed by atoms with E-state index in [1.165, 1.54) is 0 Å². The number of carbonyl (C=O) groups is 1. The highest BCUT2D eigenvalue weighted by atomic mass is 16.3. The highest BCUT2D eigenvalue weighted by Crippen LogP contribution is 2.21. The van der Waals surface area contributed by atoms with Gasteiger partial charge in [0.2, 0.25) is 5.91 Å². The molecule has 5 heteroatoms. The first-order chi connectivity index (χ1) is 12.7. The van der Waals surface area contributed by atoms with E-state index in [2.05, 4.69) is 12.2 Å². The number of aryl methyl sites for hydroxylation is 2. The first kappa shape index (κ1) is 18.0. The van der Waals surface area contributed by atoms with Crippen LogP contribution in [0.2, 0.25) is 0 Å². The standard InChI is InChI=1S/C21H24N2O3/c1-3-17-8-4-7-16(2)21(17)22-20(24)15-23(13-18-9-5-11-25-18)14-19-10-6-12-26-19/h4-12H,3,13-15H2,1-2H3,(H,22,24). The lowest BCUT2D eigenvalue weighted by Gasteiger charge is -2.20. The minimum absolute atomic E-state index is 0.0490. The molecule has 3 aromatic rings. The molecule has 136 valence electrons. The van der Waals surface area contributed by atoms with Gasteiger partial charge in [-0.25, -0.2) is 0 Å². The van der Waals surface area contributed by atoms with E-state index < -0.39 is 0 Å². The number of furan rings is 2. The second-order valence-electron chi connectivity index (χ2n) is 6.31. The van der Waals surface area contributed by atoms with Gasteiger partial charge in [0.1, 0.15) is 11.5 Å². The molecule has 0 fully saturated rings. The summed E-state index contributed by atoms with van der Waals surface area (Å²) >= 11 is 0. The van der Waals surface area contributed by atoms with Crippen LogP contribution in [0.15, 0.2) is 63.8 Å². The lowest BCUT2D eigenvalue weighted by atomic mass is 10.1. The fourth-order valence-electron chi connectivity index (χ4n) is 3.00. The van der Waals surface area contributed by atoms with Crippen LogP contribution in [-0.4, -0.2) is 17.4 Å². The molecule has 3 rings (SSSR count). The Labute approximate surface area is 153 Å². The fraction of sp³-hybridized carbons (Fsp3) is 0.286. The summed E-state index contributed by atoms with van der Waals surface area (Å²) in [6, 6.07) is 13.6. The molecular formula is C21H24N2O3. The molecule has 1 N–H and O–H groups in total. The summed E-state index contributed by atoms with van der Waals surface area (Å²) in [7, 11) is 0. The first-order valence-electron chi connectivity index (χ1n) is 8.81. The Kier molecular flexibility index (Phi) is 5.92. The van der Waals surface area contributed by atoms with E-state index in [-0.39, 0.29) is 12.5 Å². The van der Waals surface area contributed by atoms with Crippen molar-refractivity contribution in [1.82, 2.24) is 4.90 Å². The normalized spacial score (nSPS) is 11.0. The largest absolute Gasteiger partial charge is 0.468 e. The van der Waals surface area contributed by atoms with Crippen LogP contribution in [-0.2, 0) is 24.3 Å². The van der Waals surface area contributed by atoms with Gasteiger partial charge < -0.3 is 14.2 Å². The van der Waals surface area contributed by atoms with Gasteiger partial charge in [-0.3, -0.25) is 9.69 Å². The van der Waals surface area contributed by atoms with Crippen molar-refractivity contribution >= 4 is 11.6 Å². The predicted molar refractivity (Wildman–Crippen MR) is 101 cm³/mol. The highest BCUT2D eigenvalue weighted by molar-refractivity contribution is 5.93. The zero-order valence-electron chi connectivity index (χ0n) is 15.2. The number of anilines is 1. The smallest absolute Gasteiger partial charge is 0.238 e. The van der Waals surface area contributed by atoms with Gasteiger partial charge in [-0.1, -0.05) is 25.1 Å². The van der Waals surface area contributed by atoms with Gasteiger partial charge in [0.05, 0.1) is 32.2 Å². The number of nitrogens with one attached hydrogen (secondary N) is 1. The molecule has 0 spiro atoms. The molecule has 2 heterocycles. The van der Waals surface area contributed by atoms with Gasteiger partial charge in [0.15, 0.2) is 0 Å². The summed E-state index contributed by atoms with van der Waals surface area (Å²) in [6.07, 6.45) is 4.16. The van der Waals surface area contributed by atoms with Gasteiger partial charge in [-0.05, 0) is 48.7 Å². The molecule has 5 nitrogen and oxygen atoms in total. The Hall–Kier alpha value is -2.79. The lowest BCUT2D eigenvalue weighted by Crippen LogP contribution is -2.32. The fourth-order valence-corrected chi connectivity index (χ4v) is 3.00. The maximum Gasteiger partial charge on any atom is 0.238 e. The molecule has 1 amide bonds. The molecule has 0 aliphatic heterocycles. The molecule has 26 heavy (non-hydrogen) atoms. The van der Waals surface area contributed by atoms with Crippen LogP contribution in [0.3, 0.4) is 0 Å². The minimum atomic E-state index is -0.0490. The van der Waals surface area contributed by atoms with E-state index in [1.807, 2.05) is 54.3 Å². The SMILES string of the molecule is CCc1cccc(C)c1NC(=O)CN(Cc1ccco1)Cc1ccco1. The average molecular weight is 352 g/mol. The number of carbonyl (C=O) groups excluding carboxylic acids is 1. The first-order valence-corrected chi connectivity index (χ1v) is 8.81. The monoisotopic (exact) mass is 352 g/mol. The molecule has 0 aliphatic carbocycles. The number of benzene rings is 1. The molecule has 0 unspecified atom stereocenters. The van der Waals surface area contributed by atoms with Crippen LogP contribution in [0, 0.1) is 6.92 Å². The lowest BCUT2D eigenvalue weighted by molar-refractivity contribution is -0.117. The Morgan fingerprint density at radius 2 is 1.65 bits per heavy atom. The van der Waals surface area contributed by atoms with E-state index in [1.54, 1.807) is 12.5 Å². The molecular weight excluding hydrogens is 328 g/mol. The zero-order valence-corrected chi connectivity index (χ0v) is 15.2. The molecule has 1 aromatic carbocycles. The summed E-state index contributed by atoms with van der Waals surface area (Å²) in [5.41, 5.74) is 3.12. The van der Waals surface area contributed by atoms with Crippen molar-refractivity contribution in [3.63, 3.8) is 0 Å². The van der Waals surface area contributed by atoms with Crippen LogP contribution in [0.1, 0.15) is 29.6 Å². The second-order valence-corrected chi connectivity index (χ2v) is 6.31. The average Bonchev–Trinajstić information content (AvgIpc) is 3.30. The maximum absolute atomic E-state index is 12.7. The third-order valence-electron chi connectivity index (χ3n) is 4.29. The summed E-state index contributed by atoms with van der Waals surface area (Å²) in [5.74, 6) is 1.58. The third kappa shape index (κ3) is 4.64. The summed E-state index contributed by atoms with van der Waals surface area (Å²) in [4.78, 5) is 14.7. The Morgan fingerprint density at radius 3 is 2.19 bits per heavy atom. The van der Waals surface area contributed by atoms with E-state index in [0.717, 1.165) is 34.8 Å². The van der Waals surface area contributed by atoms with Crippen LogP contribution < -0.4 is 5.32 Å². The molecule has 0 bridgehead atoms. The van der Waals surface area contributed by atoms with Crippen molar-refractivity contribution in [2.24, 2.45) is 0 Å². The second kappa shape index (κ2) is 8.54. The number of amides is 1. The van der Waals surface area contributed by atoms with Crippen LogP contribution in [0.25, 0.3) is 0 Å². The highest BCUT2D eigenvalue weighted by Gasteiger charge is 2.16. The van der Waals surface area contributed by atoms with Crippen LogP contribution in [0.4, 0.5) is 5.69 Å². The van der Waals surface area contributed by atoms with Gasteiger partial charge >= 0.3 is 0 Å². The van der Waals surface area contributed by atoms with Gasteiger partial charge in [0.25, 0.3) is 0 Å². The number of hydrogen-bond donors (Lipinski definition) is 1. The van der Waals surface area contributed by atoms with Crippen molar-refractivity contribution in [3.05, 3.63) is 77.6 Å². The third-order valence-corrected chi connectivity index (χ3v) is 4.29. The Balaban J connectivity index is 1.70. The maximum atomic E-state index is 12.7. The summed E-state index contributed by atoms with van der Waals surface area (Å²) in [6.45, 7) is 5.42. The molecule has 2 aromatic heterocycles. The topological polar surface area (TPSA) is 58.6 Å². The summed E-state index contributed by atoms with van der Waals surface area (Å²) in [5, 5.41) is 3.08. The van der Waals surface area contributed by atoms with Gasteiger partial charge in [-0.2, -0.15) is 0 Å². The van der Waals surface area contributed by atoms with E-state index >= 15 is 0 Å². The Bertz CT molecular complexity index is 787. The van der Waals surface area contributed by atoms with Crippen LogP contribution in [0.5, 0.6) is 0 Å². The van der Waals surface area contributed by atoms with E-state index in [0.29, 0.717) is 13.1 Å². The van der Waals surface area contributed by atoms with E-state index in [4.69, 9.17) is 8.83 Å². The molecule has 0 aliphatic rings. The molecule has 0 radical (unpaired) electrons. The molecule has 0 saturated carbocycles. The Morgan fingerprint density at radius 1 is 1.00 bits per heavy atom. The number of rotatable bonds is 8. The van der Waals surface area contributed by atoms with Crippen molar-refractivity contribution in [1.29, 1.82) is 0 Å². The van der Waals surface area contributed by atoms with Crippen molar-refractivity contribution in [2.75, 3.05) is 11.9 Å². The van der Waals surface area contributed by atoms with Crippen molar-refractivity contribution in [3.8, 4) is 0 Å². The molecule has 0 saturated heterocycles. The predicted octanol–water partition coefficient (Wildman–Crippen LogP) is 4.38. The molecule has 0 atom stereocenters. The van der Waals surface area contributed by atoms with Crippen LogP contribution >= 0.6 is 0 Å².